The number of halogens is 1. The lowest BCUT2D eigenvalue weighted by atomic mass is 10.1. The van der Waals surface area contributed by atoms with E-state index in [1.54, 1.807) is 0 Å². The Kier molecular flexibility index (Phi) is 5.48. The van der Waals surface area contributed by atoms with Gasteiger partial charge in [-0.1, -0.05) is 36.4 Å². The van der Waals surface area contributed by atoms with E-state index in [2.05, 4.69) is 48.6 Å². The Bertz CT molecular complexity index is 574. The number of fused-ring (bicyclic) bond motifs is 1. The molecule has 1 aliphatic heterocycles. The molecule has 1 N–H and O–H groups in total. The number of hydrogen-bond acceptors (Lipinski definition) is 3. The van der Waals surface area contributed by atoms with E-state index < -0.39 is 0 Å². The van der Waals surface area contributed by atoms with Crippen molar-refractivity contribution in [3.8, 4) is 11.5 Å². The SMILES string of the molecule is CC(Cc1ccc2c(c1)OCO2)NCc1ccccc1.Cl. The van der Waals surface area contributed by atoms with Gasteiger partial charge >= 0.3 is 0 Å². The zero-order valence-electron chi connectivity index (χ0n) is 12.0. The van der Waals surface area contributed by atoms with E-state index in [4.69, 9.17) is 9.47 Å². The van der Waals surface area contributed by atoms with Crippen LogP contribution in [0.1, 0.15) is 18.1 Å². The lowest BCUT2D eigenvalue weighted by Crippen LogP contribution is -2.27. The molecule has 2 aromatic carbocycles. The zero-order valence-corrected chi connectivity index (χ0v) is 12.9. The molecule has 0 saturated carbocycles. The van der Waals surface area contributed by atoms with Crippen molar-refractivity contribution in [3.63, 3.8) is 0 Å². The lowest BCUT2D eigenvalue weighted by Gasteiger charge is -2.14. The van der Waals surface area contributed by atoms with Crippen LogP contribution in [-0.4, -0.2) is 12.8 Å². The minimum Gasteiger partial charge on any atom is -0.454 e. The quantitative estimate of drug-likeness (QED) is 0.916. The maximum Gasteiger partial charge on any atom is 0.231 e. The van der Waals surface area contributed by atoms with Crippen LogP contribution in [0.15, 0.2) is 48.5 Å². The van der Waals surface area contributed by atoms with Crippen molar-refractivity contribution in [1.82, 2.24) is 5.32 Å². The smallest absolute Gasteiger partial charge is 0.231 e. The van der Waals surface area contributed by atoms with Crippen molar-refractivity contribution < 1.29 is 9.47 Å². The van der Waals surface area contributed by atoms with E-state index >= 15 is 0 Å². The number of rotatable bonds is 5. The average Bonchev–Trinajstić information content (AvgIpc) is 2.94. The molecule has 3 nitrogen and oxygen atoms in total. The Morgan fingerprint density at radius 1 is 1.00 bits per heavy atom. The Hall–Kier alpha value is -1.71. The first-order valence-electron chi connectivity index (χ1n) is 6.97. The minimum atomic E-state index is 0. The lowest BCUT2D eigenvalue weighted by molar-refractivity contribution is 0.174. The molecule has 4 heteroatoms. The number of benzene rings is 2. The highest BCUT2D eigenvalue weighted by molar-refractivity contribution is 5.85. The number of hydrogen-bond donors (Lipinski definition) is 1. The summed E-state index contributed by atoms with van der Waals surface area (Å²) in [6.07, 6.45) is 0.976. The molecule has 0 fully saturated rings. The zero-order chi connectivity index (χ0) is 13.8. The molecular weight excluding hydrogens is 286 g/mol. The third kappa shape index (κ3) is 4.13. The van der Waals surface area contributed by atoms with Gasteiger partial charge in [0, 0.05) is 12.6 Å². The van der Waals surface area contributed by atoms with Gasteiger partial charge in [0.05, 0.1) is 0 Å². The highest BCUT2D eigenvalue weighted by atomic mass is 35.5. The van der Waals surface area contributed by atoms with Crippen molar-refractivity contribution in [3.05, 3.63) is 59.7 Å². The summed E-state index contributed by atoms with van der Waals surface area (Å²) in [4.78, 5) is 0. The second-order valence-corrected chi connectivity index (χ2v) is 5.16. The molecule has 1 unspecified atom stereocenters. The van der Waals surface area contributed by atoms with E-state index in [-0.39, 0.29) is 12.4 Å². The average molecular weight is 306 g/mol. The Balaban J connectivity index is 0.00000161. The van der Waals surface area contributed by atoms with E-state index in [9.17, 15) is 0 Å². The molecule has 0 amide bonds. The van der Waals surface area contributed by atoms with Crippen molar-refractivity contribution in [2.45, 2.75) is 25.9 Å². The predicted molar refractivity (Wildman–Crippen MR) is 86.3 cm³/mol. The highest BCUT2D eigenvalue weighted by Gasteiger charge is 2.14. The fourth-order valence-corrected chi connectivity index (χ4v) is 2.38. The molecule has 112 valence electrons. The third-order valence-electron chi connectivity index (χ3n) is 3.48. The van der Waals surface area contributed by atoms with E-state index in [0.29, 0.717) is 12.8 Å². The molecule has 1 heterocycles. The van der Waals surface area contributed by atoms with Gasteiger partial charge < -0.3 is 14.8 Å². The monoisotopic (exact) mass is 305 g/mol. The number of ether oxygens (including phenoxy) is 2. The predicted octanol–water partition coefficient (Wildman–Crippen LogP) is 3.56. The van der Waals surface area contributed by atoms with Crippen LogP contribution in [0.5, 0.6) is 11.5 Å². The van der Waals surface area contributed by atoms with Crippen LogP contribution in [0, 0.1) is 0 Å². The van der Waals surface area contributed by atoms with Gasteiger partial charge in [-0.25, -0.2) is 0 Å². The summed E-state index contributed by atoms with van der Waals surface area (Å²) in [6, 6.07) is 17.0. The molecule has 0 aromatic heterocycles. The Morgan fingerprint density at radius 3 is 2.57 bits per heavy atom. The fraction of sp³-hybridized carbons (Fsp3) is 0.294. The van der Waals surface area contributed by atoms with Gasteiger partial charge in [0.1, 0.15) is 0 Å². The van der Waals surface area contributed by atoms with Crippen LogP contribution in [0.2, 0.25) is 0 Å². The first-order chi connectivity index (χ1) is 9.81. The van der Waals surface area contributed by atoms with Crippen LogP contribution in [-0.2, 0) is 13.0 Å². The summed E-state index contributed by atoms with van der Waals surface area (Å²) < 4.78 is 10.7. The third-order valence-corrected chi connectivity index (χ3v) is 3.48. The summed E-state index contributed by atoms with van der Waals surface area (Å²) in [6.45, 7) is 3.43. The first kappa shape index (κ1) is 15.7. The summed E-state index contributed by atoms with van der Waals surface area (Å²) in [5.74, 6) is 1.71. The number of nitrogens with one attached hydrogen (secondary N) is 1. The van der Waals surface area contributed by atoms with Crippen LogP contribution in [0.4, 0.5) is 0 Å². The largest absolute Gasteiger partial charge is 0.454 e. The molecule has 0 spiro atoms. The van der Waals surface area contributed by atoms with Gasteiger partial charge in [-0.3, -0.25) is 0 Å². The van der Waals surface area contributed by atoms with E-state index in [1.807, 2.05) is 12.1 Å². The van der Waals surface area contributed by atoms with Gasteiger partial charge in [0.15, 0.2) is 11.5 Å². The summed E-state index contributed by atoms with van der Waals surface area (Å²) >= 11 is 0. The van der Waals surface area contributed by atoms with Gasteiger partial charge in [-0.05, 0) is 36.6 Å². The van der Waals surface area contributed by atoms with Gasteiger partial charge in [0.25, 0.3) is 0 Å². The van der Waals surface area contributed by atoms with Crippen molar-refractivity contribution in [2.24, 2.45) is 0 Å². The molecule has 21 heavy (non-hydrogen) atoms. The van der Waals surface area contributed by atoms with Crippen molar-refractivity contribution in [2.75, 3.05) is 6.79 Å². The van der Waals surface area contributed by atoms with Crippen LogP contribution >= 0.6 is 12.4 Å². The second-order valence-electron chi connectivity index (χ2n) is 5.16. The molecular formula is C17H20ClNO2. The van der Waals surface area contributed by atoms with Crippen molar-refractivity contribution >= 4 is 12.4 Å². The molecule has 1 aliphatic rings. The molecule has 2 aromatic rings. The summed E-state index contributed by atoms with van der Waals surface area (Å²) in [7, 11) is 0. The molecule has 0 saturated heterocycles. The summed E-state index contributed by atoms with van der Waals surface area (Å²) in [5, 5.41) is 3.54. The van der Waals surface area contributed by atoms with E-state index in [1.165, 1.54) is 11.1 Å². The standard InChI is InChI=1S/C17H19NO2.ClH/c1-13(18-11-14-5-3-2-4-6-14)9-15-7-8-16-17(10-15)20-12-19-16;/h2-8,10,13,18H,9,11-12H2,1H3;1H. The highest BCUT2D eigenvalue weighted by Crippen LogP contribution is 2.32. The van der Waals surface area contributed by atoms with Crippen LogP contribution < -0.4 is 14.8 Å². The van der Waals surface area contributed by atoms with E-state index in [0.717, 1.165) is 24.5 Å². The molecule has 0 radical (unpaired) electrons. The fourth-order valence-electron chi connectivity index (χ4n) is 2.38. The van der Waals surface area contributed by atoms with Crippen molar-refractivity contribution in [1.29, 1.82) is 0 Å². The maximum absolute atomic E-state index is 5.41. The van der Waals surface area contributed by atoms with Gasteiger partial charge in [-0.15, -0.1) is 12.4 Å². The Labute approximate surface area is 131 Å². The topological polar surface area (TPSA) is 30.5 Å². The minimum absolute atomic E-state index is 0. The van der Waals surface area contributed by atoms with Crippen LogP contribution in [0.3, 0.4) is 0 Å². The van der Waals surface area contributed by atoms with Gasteiger partial charge in [0.2, 0.25) is 6.79 Å². The molecule has 3 rings (SSSR count). The first-order valence-corrected chi connectivity index (χ1v) is 6.97. The van der Waals surface area contributed by atoms with Crippen LogP contribution in [0.25, 0.3) is 0 Å². The Morgan fingerprint density at radius 2 is 1.76 bits per heavy atom. The second kappa shape index (κ2) is 7.34. The molecule has 0 aliphatic carbocycles. The molecule has 0 bridgehead atoms. The summed E-state index contributed by atoms with van der Waals surface area (Å²) in [5.41, 5.74) is 2.58. The molecule has 1 atom stereocenters. The van der Waals surface area contributed by atoms with Gasteiger partial charge in [-0.2, -0.15) is 0 Å². The maximum atomic E-state index is 5.41. The normalized spacial score (nSPS) is 13.6.